The van der Waals surface area contributed by atoms with E-state index >= 15 is 0 Å². The van der Waals surface area contributed by atoms with Crippen molar-refractivity contribution in [2.45, 2.75) is 19.3 Å². The van der Waals surface area contributed by atoms with Gasteiger partial charge >= 0.3 is 5.97 Å². The van der Waals surface area contributed by atoms with Gasteiger partial charge in [-0.15, -0.1) is 6.58 Å². The van der Waals surface area contributed by atoms with Crippen LogP contribution in [0.5, 0.6) is 0 Å². The number of ether oxygens (including phenoxy) is 3. The topological polar surface area (TPSA) is 94.1 Å². The molecule has 0 bridgehead atoms. The van der Waals surface area contributed by atoms with Crippen molar-refractivity contribution in [2.24, 2.45) is 0 Å². The fourth-order valence-corrected chi connectivity index (χ4v) is 1.32. The summed E-state index contributed by atoms with van der Waals surface area (Å²) in [6.45, 7) is 7.12. The van der Waals surface area contributed by atoms with E-state index < -0.39 is 5.97 Å². The van der Waals surface area contributed by atoms with Gasteiger partial charge < -0.3 is 24.6 Å². The Labute approximate surface area is 125 Å². The molecule has 2 N–H and O–H groups in total. The van der Waals surface area contributed by atoms with Gasteiger partial charge in [0.2, 0.25) is 5.91 Å². The maximum atomic E-state index is 11.2. The molecule has 0 aliphatic heterocycles. The van der Waals surface area contributed by atoms with Gasteiger partial charge in [0.1, 0.15) is 0 Å². The number of hydrogen-bond acceptors (Lipinski definition) is 5. The summed E-state index contributed by atoms with van der Waals surface area (Å²) in [6.07, 6.45) is 2.24. The second kappa shape index (κ2) is 15.0. The molecule has 0 radical (unpaired) electrons. The standard InChI is InChI=1S/C14H25NO6/c1-2-7-19-9-11-21-12-10-20-8-3-6-15-13(16)4-5-14(17)18/h2H,1,3-12H2,(H,15,16)(H,17,18). The molecule has 0 fully saturated rings. The number of carbonyl (C=O) groups excluding carboxylic acids is 1. The lowest BCUT2D eigenvalue weighted by atomic mass is 10.3. The predicted molar refractivity (Wildman–Crippen MR) is 77.2 cm³/mol. The number of nitrogens with one attached hydrogen (secondary N) is 1. The molecule has 0 aromatic heterocycles. The molecule has 0 aliphatic rings. The fraction of sp³-hybridized carbons (Fsp3) is 0.714. The molecule has 7 heteroatoms. The number of carboxylic acids is 1. The minimum atomic E-state index is -0.969. The van der Waals surface area contributed by atoms with Crippen molar-refractivity contribution in [3.8, 4) is 0 Å². The van der Waals surface area contributed by atoms with Crippen LogP contribution in [0.3, 0.4) is 0 Å². The van der Waals surface area contributed by atoms with Gasteiger partial charge in [0, 0.05) is 19.6 Å². The Bertz CT molecular complexity index is 295. The summed E-state index contributed by atoms with van der Waals surface area (Å²) in [5.74, 6) is -1.22. The van der Waals surface area contributed by atoms with Gasteiger partial charge in [0.05, 0.1) is 39.5 Å². The molecule has 0 aromatic rings. The largest absolute Gasteiger partial charge is 0.481 e. The monoisotopic (exact) mass is 303 g/mol. The highest BCUT2D eigenvalue weighted by atomic mass is 16.5. The Morgan fingerprint density at radius 3 is 2.24 bits per heavy atom. The van der Waals surface area contributed by atoms with Crippen LogP contribution in [0, 0.1) is 0 Å². The van der Waals surface area contributed by atoms with Crippen LogP contribution in [0.1, 0.15) is 19.3 Å². The SMILES string of the molecule is C=CCOCCOCCOCCCNC(=O)CCC(=O)O. The molecule has 0 saturated carbocycles. The van der Waals surface area contributed by atoms with E-state index in [1.54, 1.807) is 6.08 Å². The summed E-state index contributed by atoms with van der Waals surface area (Å²) >= 11 is 0. The summed E-state index contributed by atoms with van der Waals surface area (Å²) in [6, 6.07) is 0. The number of carboxylic acid groups (broad SMARTS) is 1. The molecule has 0 aromatic carbocycles. The molecule has 0 heterocycles. The zero-order valence-corrected chi connectivity index (χ0v) is 12.3. The molecule has 0 spiro atoms. The minimum Gasteiger partial charge on any atom is -0.481 e. The smallest absolute Gasteiger partial charge is 0.303 e. The number of carbonyl (C=O) groups is 2. The van der Waals surface area contributed by atoms with Gasteiger partial charge in [-0.2, -0.15) is 0 Å². The second-order valence-electron chi connectivity index (χ2n) is 4.19. The van der Waals surface area contributed by atoms with Crippen LogP contribution in [0.4, 0.5) is 0 Å². The molecule has 0 unspecified atom stereocenters. The Morgan fingerprint density at radius 1 is 1.00 bits per heavy atom. The van der Waals surface area contributed by atoms with E-state index in [1.165, 1.54) is 0 Å². The van der Waals surface area contributed by atoms with Crippen LogP contribution in [0.15, 0.2) is 12.7 Å². The van der Waals surface area contributed by atoms with Crippen LogP contribution in [0.2, 0.25) is 0 Å². The van der Waals surface area contributed by atoms with E-state index in [-0.39, 0.29) is 18.7 Å². The highest BCUT2D eigenvalue weighted by molar-refractivity contribution is 5.80. The van der Waals surface area contributed by atoms with Crippen LogP contribution in [-0.4, -0.2) is 63.2 Å². The maximum Gasteiger partial charge on any atom is 0.303 e. The Kier molecular flexibility index (Phi) is 13.9. The van der Waals surface area contributed by atoms with Crippen LogP contribution < -0.4 is 5.32 Å². The first-order valence-corrected chi connectivity index (χ1v) is 6.99. The third-order valence-electron chi connectivity index (χ3n) is 2.33. The van der Waals surface area contributed by atoms with Crippen LogP contribution in [-0.2, 0) is 23.8 Å². The number of hydrogen-bond donors (Lipinski definition) is 2. The van der Waals surface area contributed by atoms with Crippen LogP contribution in [0.25, 0.3) is 0 Å². The zero-order valence-electron chi connectivity index (χ0n) is 12.3. The third kappa shape index (κ3) is 16.5. The second-order valence-corrected chi connectivity index (χ2v) is 4.19. The molecule has 21 heavy (non-hydrogen) atoms. The quantitative estimate of drug-likeness (QED) is 0.340. The molecular formula is C14H25NO6. The summed E-state index contributed by atoms with van der Waals surface area (Å²) in [5, 5.41) is 11.0. The predicted octanol–water partition coefficient (Wildman–Crippen LogP) is 0.593. The van der Waals surface area contributed by atoms with Gasteiger partial charge in [-0.1, -0.05) is 6.08 Å². The molecule has 0 aliphatic carbocycles. The maximum absolute atomic E-state index is 11.2. The highest BCUT2D eigenvalue weighted by Gasteiger charge is 2.03. The van der Waals surface area contributed by atoms with Crippen molar-refractivity contribution in [1.82, 2.24) is 5.32 Å². The lowest BCUT2D eigenvalue weighted by Gasteiger charge is -2.07. The lowest BCUT2D eigenvalue weighted by molar-refractivity contribution is -0.138. The average molecular weight is 303 g/mol. The lowest BCUT2D eigenvalue weighted by Crippen LogP contribution is -2.25. The first-order valence-electron chi connectivity index (χ1n) is 6.99. The average Bonchev–Trinajstić information content (AvgIpc) is 2.46. The van der Waals surface area contributed by atoms with Gasteiger partial charge in [0.15, 0.2) is 0 Å². The van der Waals surface area contributed by atoms with E-state index in [0.717, 1.165) is 0 Å². The van der Waals surface area contributed by atoms with Gasteiger partial charge in [-0.3, -0.25) is 9.59 Å². The molecule has 122 valence electrons. The number of aliphatic carboxylic acids is 1. The fourth-order valence-electron chi connectivity index (χ4n) is 1.32. The minimum absolute atomic E-state index is 0.0119. The summed E-state index contributed by atoms with van der Waals surface area (Å²) in [7, 11) is 0. The van der Waals surface area contributed by atoms with E-state index in [9.17, 15) is 9.59 Å². The molecule has 0 atom stereocenters. The Balaban J connectivity index is 3.13. The van der Waals surface area contributed by atoms with E-state index in [2.05, 4.69) is 11.9 Å². The van der Waals surface area contributed by atoms with E-state index in [0.29, 0.717) is 52.6 Å². The van der Waals surface area contributed by atoms with Crippen molar-refractivity contribution in [3.05, 3.63) is 12.7 Å². The van der Waals surface area contributed by atoms with Gasteiger partial charge in [-0.05, 0) is 6.42 Å². The molecule has 1 amide bonds. The first-order chi connectivity index (χ1) is 10.2. The van der Waals surface area contributed by atoms with Crippen LogP contribution >= 0.6 is 0 Å². The normalized spacial score (nSPS) is 10.3. The molecule has 0 rings (SSSR count). The van der Waals surface area contributed by atoms with Crippen molar-refractivity contribution in [3.63, 3.8) is 0 Å². The zero-order chi connectivity index (χ0) is 15.8. The van der Waals surface area contributed by atoms with Gasteiger partial charge in [-0.25, -0.2) is 0 Å². The Hall–Kier alpha value is -1.44. The number of rotatable bonds is 15. The Morgan fingerprint density at radius 2 is 1.62 bits per heavy atom. The first kappa shape index (κ1) is 19.6. The van der Waals surface area contributed by atoms with Crippen molar-refractivity contribution in [1.29, 1.82) is 0 Å². The molecule has 7 nitrogen and oxygen atoms in total. The van der Waals surface area contributed by atoms with Crippen molar-refractivity contribution < 1.29 is 28.9 Å². The van der Waals surface area contributed by atoms with Gasteiger partial charge in [0.25, 0.3) is 0 Å². The summed E-state index contributed by atoms with van der Waals surface area (Å²) in [5.41, 5.74) is 0. The summed E-state index contributed by atoms with van der Waals surface area (Å²) < 4.78 is 15.7. The van der Waals surface area contributed by atoms with E-state index in [1.807, 2.05) is 0 Å². The van der Waals surface area contributed by atoms with E-state index in [4.69, 9.17) is 19.3 Å². The number of amides is 1. The molecular weight excluding hydrogens is 278 g/mol. The summed E-state index contributed by atoms with van der Waals surface area (Å²) in [4.78, 5) is 21.4. The molecule has 0 saturated heterocycles. The van der Waals surface area contributed by atoms with Crippen molar-refractivity contribution in [2.75, 3.05) is 46.2 Å². The highest BCUT2D eigenvalue weighted by Crippen LogP contribution is 1.89. The third-order valence-corrected chi connectivity index (χ3v) is 2.33. The van der Waals surface area contributed by atoms with Crippen molar-refractivity contribution >= 4 is 11.9 Å².